The number of hydrogen-bond acceptors (Lipinski definition) is 4. The topological polar surface area (TPSA) is 47.0 Å². The Labute approximate surface area is 122 Å². The van der Waals surface area contributed by atoms with Gasteiger partial charge in [-0.1, -0.05) is 24.9 Å². The van der Waals surface area contributed by atoms with Gasteiger partial charge in [0, 0.05) is 11.6 Å². The minimum atomic E-state index is -0.359. The number of rotatable bonds is 5. The summed E-state index contributed by atoms with van der Waals surface area (Å²) in [5.41, 5.74) is 1.46. The molecule has 0 saturated heterocycles. The van der Waals surface area contributed by atoms with Crippen molar-refractivity contribution in [2.75, 3.05) is 12.4 Å². The van der Waals surface area contributed by atoms with E-state index in [9.17, 15) is 4.39 Å². The molecule has 1 heterocycles. The van der Waals surface area contributed by atoms with E-state index in [-0.39, 0.29) is 5.82 Å². The lowest BCUT2D eigenvalue weighted by Gasteiger charge is -2.13. The Kier molecular flexibility index (Phi) is 4.74. The van der Waals surface area contributed by atoms with Gasteiger partial charge in [0.2, 0.25) is 0 Å². The monoisotopic (exact) mass is 295 g/mol. The van der Waals surface area contributed by atoms with E-state index in [2.05, 4.69) is 15.3 Å². The Hall–Kier alpha value is -1.88. The van der Waals surface area contributed by atoms with E-state index in [1.807, 2.05) is 6.92 Å². The third-order valence-electron chi connectivity index (χ3n) is 2.81. The zero-order valence-electron chi connectivity index (χ0n) is 11.3. The zero-order valence-corrected chi connectivity index (χ0v) is 12.0. The summed E-state index contributed by atoms with van der Waals surface area (Å²) < 4.78 is 18.3. The third-order valence-corrected chi connectivity index (χ3v) is 3.14. The molecule has 0 atom stereocenters. The summed E-state index contributed by atoms with van der Waals surface area (Å²) in [4.78, 5) is 8.18. The van der Waals surface area contributed by atoms with Crippen molar-refractivity contribution in [2.24, 2.45) is 0 Å². The number of ether oxygens (including phenoxy) is 1. The van der Waals surface area contributed by atoms with Crippen molar-refractivity contribution in [1.82, 2.24) is 9.97 Å². The van der Waals surface area contributed by atoms with Gasteiger partial charge in [-0.2, -0.15) is 0 Å². The Balaban J connectivity index is 2.37. The van der Waals surface area contributed by atoms with E-state index in [1.54, 1.807) is 6.07 Å². The van der Waals surface area contributed by atoms with Gasteiger partial charge < -0.3 is 10.1 Å². The van der Waals surface area contributed by atoms with E-state index in [4.69, 9.17) is 16.3 Å². The molecule has 106 valence electrons. The van der Waals surface area contributed by atoms with Gasteiger partial charge in [0.15, 0.2) is 0 Å². The molecule has 0 aliphatic heterocycles. The van der Waals surface area contributed by atoms with Crippen molar-refractivity contribution >= 4 is 23.1 Å². The molecule has 0 aliphatic rings. The number of anilines is 2. The third kappa shape index (κ3) is 3.17. The van der Waals surface area contributed by atoms with Crippen LogP contribution in [0.1, 0.15) is 18.9 Å². The fourth-order valence-corrected chi connectivity index (χ4v) is 2.09. The molecule has 6 heteroatoms. The lowest BCUT2D eigenvalue weighted by atomic mass is 10.2. The average Bonchev–Trinajstić information content (AvgIpc) is 2.44. The molecule has 0 fully saturated rings. The van der Waals surface area contributed by atoms with E-state index >= 15 is 0 Å². The van der Waals surface area contributed by atoms with Crippen LogP contribution < -0.4 is 10.1 Å². The molecule has 1 aromatic carbocycles. The van der Waals surface area contributed by atoms with E-state index in [1.165, 1.54) is 25.6 Å². The van der Waals surface area contributed by atoms with Crippen LogP contribution in [0.4, 0.5) is 15.9 Å². The fourth-order valence-electron chi connectivity index (χ4n) is 1.87. The highest BCUT2D eigenvalue weighted by atomic mass is 35.5. The number of benzene rings is 1. The predicted molar refractivity (Wildman–Crippen MR) is 77.3 cm³/mol. The summed E-state index contributed by atoms with van der Waals surface area (Å²) in [6, 6.07) is 4.26. The maximum Gasteiger partial charge on any atom is 0.145 e. The first-order valence-electron chi connectivity index (χ1n) is 6.25. The van der Waals surface area contributed by atoms with Crippen LogP contribution in [0.5, 0.6) is 5.75 Å². The average molecular weight is 296 g/mol. The largest absolute Gasteiger partial charge is 0.494 e. The molecule has 0 radical (unpaired) electrons. The lowest BCUT2D eigenvalue weighted by molar-refractivity contribution is 0.413. The minimum absolute atomic E-state index is 0.359. The normalized spacial score (nSPS) is 10.4. The molecule has 20 heavy (non-hydrogen) atoms. The quantitative estimate of drug-likeness (QED) is 0.848. The fraction of sp³-hybridized carbons (Fsp3) is 0.286. The molecule has 1 aromatic heterocycles. The Morgan fingerprint density at radius 2 is 2.15 bits per heavy atom. The number of hydrogen-bond donors (Lipinski definition) is 1. The first-order valence-corrected chi connectivity index (χ1v) is 6.63. The van der Waals surface area contributed by atoms with E-state index in [0.29, 0.717) is 22.4 Å². The van der Waals surface area contributed by atoms with Crippen LogP contribution in [-0.2, 0) is 6.42 Å². The molecule has 0 aliphatic carbocycles. The molecule has 4 nitrogen and oxygen atoms in total. The standard InChI is InChI=1S/C14H15ClFN3O/c1-3-4-10-13(15)17-8-18-14(10)19-11-6-5-9(16)7-12(11)20-2/h5-8H,3-4H2,1-2H3,(H,17,18,19). The second-order valence-corrected chi connectivity index (χ2v) is 4.57. The van der Waals surface area contributed by atoms with Crippen LogP contribution >= 0.6 is 11.6 Å². The molecular weight excluding hydrogens is 281 g/mol. The lowest BCUT2D eigenvalue weighted by Crippen LogP contribution is -2.03. The Bertz CT molecular complexity index is 607. The first kappa shape index (κ1) is 14.5. The first-order chi connectivity index (χ1) is 9.65. The Morgan fingerprint density at radius 1 is 1.35 bits per heavy atom. The second kappa shape index (κ2) is 6.52. The number of nitrogens with zero attached hydrogens (tertiary/aromatic N) is 2. The van der Waals surface area contributed by atoms with Gasteiger partial charge >= 0.3 is 0 Å². The van der Waals surface area contributed by atoms with Crippen molar-refractivity contribution in [3.63, 3.8) is 0 Å². The van der Waals surface area contributed by atoms with Gasteiger partial charge in [-0.3, -0.25) is 0 Å². The summed E-state index contributed by atoms with van der Waals surface area (Å²) in [5.74, 6) is 0.654. The molecule has 0 bridgehead atoms. The number of nitrogens with one attached hydrogen (secondary N) is 1. The molecule has 2 aromatic rings. The van der Waals surface area contributed by atoms with Crippen LogP contribution in [-0.4, -0.2) is 17.1 Å². The second-order valence-electron chi connectivity index (χ2n) is 4.21. The smallest absolute Gasteiger partial charge is 0.145 e. The molecular formula is C14H15ClFN3O. The number of methoxy groups -OCH3 is 1. The van der Waals surface area contributed by atoms with Crippen molar-refractivity contribution in [1.29, 1.82) is 0 Å². The molecule has 2 rings (SSSR count). The predicted octanol–water partition coefficient (Wildman–Crippen LogP) is 3.97. The summed E-state index contributed by atoms with van der Waals surface area (Å²) in [6.45, 7) is 2.05. The van der Waals surface area contributed by atoms with Gasteiger partial charge in [0.05, 0.1) is 12.8 Å². The molecule has 0 saturated carbocycles. The summed E-state index contributed by atoms with van der Waals surface area (Å²) in [5, 5.41) is 3.54. The molecule has 0 unspecified atom stereocenters. The zero-order chi connectivity index (χ0) is 14.5. The van der Waals surface area contributed by atoms with Crippen molar-refractivity contribution in [3.8, 4) is 5.75 Å². The summed E-state index contributed by atoms with van der Waals surface area (Å²) >= 11 is 6.09. The van der Waals surface area contributed by atoms with Crippen molar-refractivity contribution in [2.45, 2.75) is 19.8 Å². The number of aromatic nitrogens is 2. The van der Waals surface area contributed by atoms with Gasteiger partial charge in [0.1, 0.15) is 28.9 Å². The Morgan fingerprint density at radius 3 is 2.85 bits per heavy atom. The van der Waals surface area contributed by atoms with Crippen molar-refractivity contribution < 1.29 is 9.13 Å². The molecule has 0 spiro atoms. The van der Waals surface area contributed by atoms with Gasteiger partial charge in [-0.05, 0) is 18.6 Å². The van der Waals surface area contributed by atoms with Crippen LogP contribution in [0.3, 0.4) is 0 Å². The van der Waals surface area contributed by atoms with E-state index < -0.39 is 0 Å². The SMILES string of the molecule is CCCc1c(Cl)ncnc1Nc1ccc(F)cc1OC. The minimum Gasteiger partial charge on any atom is -0.494 e. The van der Waals surface area contributed by atoms with Gasteiger partial charge in [-0.25, -0.2) is 14.4 Å². The summed E-state index contributed by atoms with van der Waals surface area (Å²) in [7, 11) is 1.49. The summed E-state index contributed by atoms with van der Waals surface area (Å²) in [6.07, 6.45) is 3.06. The van der Waals surface area contributed by atoms with Crippen LogP contribution in [0, 0.1) is 5.82 Å². The molecule has 1 N–H and O–H groups in total. The van der Waals surface area contributed by atoms with Crippen molar-refractivity contribution in [3.05, 3.63) is 41.1 Å². The highest BCUT2D eigenvalue weighted by Gasteiger charge is 2.12. The molecule has 0 amide bonds. The number of halogens is 2. The highest BCUT2D eigenvalue weighted by molar-refractivity contribution is 6.30. The van der Waals surface area contributed by atoms with Gasteiger partial charge in [-0.15, -0.1) is 0 Å². The van der Waals surface area contributed by atoms with Crippen LogP contribution in [0.15, 0.2) is 24.5 Å². The highest BCUT2D eigenvalue weighted by Crippen LogP contribution is 2.30. The van der Waals surface area contributed by atoms with E-state index in [0.717, 1.165) is 18.4 Å². The maximum absolute atomic E-state index is 13.2. The maximum atomic E-state index is 13.2. The van der Waals surface area contributed by atoms with Gasteiger partial charge in [0.25, 0.3) is 0 Å². The van der Waals surface area contributed by atoms with Crippen LogP contribution in [0.2, 0.25) is 5.15 Å². The van der Waals surface area contributed by atoms with Crippen LogP contribution in [0.25, 0.3) is 0 Å².